The summed E-state index contributed by atoms with van der Waals surface area (Å²) in [5.41, 5.74) is 0. The summed E-state index contributed by atoms with van der Waals surface area (Å²) >= 11 is 0. The molecule has 0 saturated carbocycles. The van der Waals surface area contributed by atoms with Gasteiger partial charge in [-0.3, -0.25) is 0 Å². The van der Waals surface area contributed by atoms with E-state index in [-0.39, 0.29) is 0 Å². The van der Waals surface area contributed by atoms with Crippen LogP contribution < -0.4 is 5.32 Å². The number of nitrogens with zero attached hydrogens (tertiary/aromatic N) is 3. The van der Waals surface area contributed by atoms with E-state index in [4.69, 9.17) is 0 Å². The molecule has 0 bridgehead atoms. The van der Waals surface area contributed by atoms with Crippen molar-refractivity contribution in [3.63, 3.8) is 0 Å². The maximum atomic E-state index is 4.42. The minimum absolute atomic E-state index is 0.890. The first kappa shape index (κ1) is 14.5. The number of aryl methyl sites for hydroxylation is 1. The molecule has 2 heterocycles. The van der Waals surface area contributed by atoms with Crippen LogP contribution in [0.15, 0.2) is 12.4 Å². The molecule has 0 aromatic carbocycles. The van der Waals surface area contributed by atoms with Crippen molar-refractivity contribution in [3.05, 3.63) is 18.2 Å². The molecule has 2 rings (SSSR count). The van der Waals surface area contributed by atoms with Gasteiger partial charge in [0.1, 0.15) is 5.82 Å². The zero-order valence-electron chi connectivity index (χ0n) is 12.3. The minimum atomic E-state index is 0.890. The van der Waals surface area contributed by atoms with Gasteiger partial charge >= 0.3 is 0 Å². The van der Waals surface area contributed by atoms with Crippen LogP contribution in [0, 0.1) is 0 Å². The monoisotopic (exact) mass is 264 g/mol. The zero-order valence-corrected chi connectivity index (χ0v) is 12.3. The highest BCUT2D eigenvalue weighted by molar-refractivity contribution is 4.91. The number of nitrogens with one attached hydrogen (secondary N) is 1. The third-order valence-corrected chi connectivity index (χ3v) is 3.85. The standard InChI is InChI=1S/C15H28N4/c1-2-9-19-13-8-17-15(19)14-16-7-12-18-10-5-3-4-6-11-18/h8,13,16H,2-7,9-12,14H2,1H3. The van der Waals surface area contributed by atoms with Crippen LogP contribution in [0.4, 0.5) is 0 Å². The normalized spacial score (nSPS) is 17.5. The predicted molar refractivity (Wildman–Crippen MR) is 79.1 cm³/mol. The first-order valence-electron chi connectivity index (χ1n) is 7.83. The van der Waals surface area contributed by atoms with Gasteiger partial charge in [-0.15, -0.1) is 0 Å². The summed E-state index contributed by atoms with van der Waals surface area (Å²) in [4.78, 5) is 7.02. The van der Waals surface area contributed by atoms with Gasteiger partial charge in [0.2, 0.25) is 0 Å². The molecule has 108 valence electrons. The molecule has 4 heteroatoms. The van der Waals surface area contributed by atoms with E-state index in [1.54, 1.807) is 0 Å². The van der Waals surface area contributed by atoms with E-state index in [1.807, 2.05) is 6.20 Å². The molecule has 1 aliphatic rings. The largest absolute Gasteiger partial charge is 0.334 e. The summed E-state index contributed by atoms with van der Waals surface area (Å²) < 4.78 is 2.25. The molecule has 0 amide bonds. The molecule has 19 heavy (non-hydrogen) atoms. The highest BCUT2D eigenvalue weighted by Gasteiger charge is 2.08. The van der Waals surface area contributed by atoms with E-state index in [9.17, 15) is 0 Å². The van der Waals surface area contributed by atoms with Crippen LogP contribution in [0.25, 0.3) is 0 Å². The summed E-state index contributed by atoms with van der Waals surface area (Å²) in [6, 6.07) is 0. The highest BCUT2D eigenvalue weighted by atomic mass is 15.1. The highest BCUT2D eigenvalue weighted by Crippen LogP contribution is 2.08. The molecular weight excluding hydrogens is 236 g/mol. The van der Waals surface area contributed by atoms with Crippen molar-refractivity contribution in [2.24, 2.45) is 0 Å². The molecule has 0 atom stereocenters. The Bertz CT molecular complexity index is 340. The van der Waals surface area contributed by atoms with Crippen LogP contribution in [-0.4, -0.2) is 40.6 Å². The molecule has 1 aromatic rings. The molecule has 4 nitrogen and oxygen atoms in total. The third kappa shape index (κ3) is 4.96. The smallest absolute Gasteiger partial charge is 0.122 e. The Morgan fingerprint density at radius 1 is 1.16 bits per heavy atom. The third-order valence-electron chi connectivity index (χ3n) is 3.85. The van der Waals surface area contributed by atoms with E-state index in [0.717, 1.165) is 31.9 Å². The maximum Gasteiger partial charge on any atom is 0.122 e. The van der Waals surface area contributed by atoms with Crippen molar-refractivity contribution >= 4 is 0 Å². The van der Waals surface area contributed by atoms with Crippen molar-refractivity contribution in [1.29, 1.82) is 0 Å². The van der Waals surface area contributed by atoms with Crippen molar-refractivity contribution in [3.8, 4) is 0 Å². The average molecular weight is 264 g/mol. The second-order valence-corrected chi connectivity index (χ2v) is 5.47. The van der Waals surface area contributed by atoms with Crippen LogP contribution in [0.3, 0.4) is 0 Å². The van der Waals surface area contributed by atoms with Crippen molar-refractivity contribution in [2.45, 2.75) is 52.1 Å². The first-order valence-corrected chi connectivity index (χ1v) is 7.83. The fraction of sp³-hybridized carbons (Fsp3) is 0.800. The van der Waals surface area contributed by atoms with Crippen molar-refractivity contribution in [1.82, 2.24) is 19.8 Å². The summed E-state index contributed by atoms with van der Waals surface area (Å²) in [5, 5.41) is 3.53. The molecule has 0 radical (unpaired) electrons. The number of aromatic nitrogens is 2. The van der Waals surface area contributed by atoms with Crippen LogP contribution in [0.2, 0.25) is 0 Å². The second kappa shape index (κ2) is 8.33. The Labute approximate surface area is 117 Å². The first-order chi connectivity index (χ1) is 9.40. The SMILES string of the molecule is CCCn1ccnc1CNCCN1CCCCCC1. The molecule has 1 aliphatic heterocycles. The minimum Gasteiger partial charge on any atom is -0.334 e. The van der Waals surface area contributed by atoms with E-state index in [1.165, 1.54) is 45.3 Å². The van der Waals surface area contributed by atoms with Gasteiger partial charge in [-0.25, -0.2) is 4.98 Å². The van der Waals surface area contributed by atoms with Crippen molar-refractivity contribution < 1.29 is 0 Å². The number of imidazole rings is 1. The summed E-state index contributed by atoms with van der Waals surface area (Å²) in [7, 11) is 0. The maximum absolute atomic E-state index is 4.42. The molecule has 0 aliphatic carbocycles. The Hall–Kier alpha value is -0.870. The van der Waals surface area contributed by atoms with E-state index >= 15 is 0 Å². The fourth-order valence-corrected chi connectivity index (χ4v) is 2.75. The number of rotatable bonds is 7. The molecule has 1 N–H and O–H groups in total. The Morgan fingerprint density at radius 2 is 1.95 bits per heavy atom. The summed E-state index contributed by atoms with van der Waals surface area (Å²) in [6.07, 6.45) is 10.7. The van der Waals surface area contributed by atoms with Gasteiger partial charge in [0.15, 0.2) is 0 Å². The lowest BCUT2D eigenvalue weighted by Crippen LogP contribution is -2.33. The Morgan fingerprint density at radius 3 is 2.68 bits per heavy atom. The predicted octanol–water partition coefficient (Wildman–Crippen LogP) is 2.26. The molecule has 1 fully saturated rings. The lowest BCUT2D eigenvalue weighted by molar-refractivity contribution is 0.283. The lowest BCUT2D eigenvalue weighted by Gasteiger charge is -2.19. The molecular formula is C15H28N4. The van der Waals surface area contributed by atoms with Crippen LogP contribution in [0.1, 0.15) is 44.9 Å². The van der Waals surface area contributed by atoms with Crippen LogP contribution >= 0.6 is 0 Å². The van der Waals surface area contributed by atoms with E-state index in [0.29, 0.717) is 0 Å². The van der Waals surface area contributed by atoms with Gasteiger partial charge in [-0.2, -0.15) is 0 Å². The molecule has 0 unspecified atom stereocenters. The lowest BCUT2D eigenvalue weighted by atomic mass is 10.2. The van der Waals surface area contributed by atoms with E-state index < -0.39 is 0 Å². The number of hydrogen-bond acceptors (Lipinski definition) is 3. The number of hydrogen-bond donors (Lipinski definition) is 1. The number of likely N-dealkylation sites (tertiary alicyclic amines) is 1. The van der Waals surface area contributed by atoms with Gasteiger partial charge in [0, 0.05) is 32.0 Å². The fourth-order valence-electron chi connectivity index (χ4n) is 2.75. The summed E-state index contributed by atoms with van der Waals surface area (Å²) in [5.74, 6) is 1.16. The van der Waals surface area contributed by atoms with Gasteiger partial charge in [-0.1, -0.05) is 19.8 Å². The molecule has 1 aromatic heterocycles. The van der Waals surface area contributed by atoms with Gasteiger partial charge in [-0.05, 0) is 32.4 Å². The second-order valence-electron chi connectivity index (χ2n) is 5.47. The van der Waals surface area contributed by atoms with Crippen LogP contribution in [0.5, 0.6) is 0 Å². The average Bonchev–Trinajstić information content (AvgIpc) is 2.70. The summed E-state index contributed by atoms with van der Waals surface area (Å²) in [6.45, 7) is 8.98. The zero-order chi connectivity index (χ0) is 13.3. The quantitative estimate of drug-likeness (QED) is 0.767. The van der Waals surface area contributed by atoms with Gasteiger partial charge in [0.25, 0.3) is 0 Å². The molecule has 0 spiro atoms. The van der Waals surface area contributed by atoms with E-state index in [2.05, 4.69) is 32.9 Å². The topological polar surface area (TPSA) is 33.1 Å². The Kier molecular flexibility index (Phi) is 6.37. The molecule has 1 saturated heterocycles. The van der Waals surface area contributed by atoms with Gasteiger partial charge in [0.05, 0.1) is 6.54 Å². The Balaban J connectivity index is 1.64. The van der Waals surface area contributed by atoms with Gasteiger partial charge < -0.3 is 14.8 Å². The van der Waals surface area contributed by atoms with Crippen molar-refractivity contribution in [2.75, 3.05) is 26.2 Å². The van der Waals surface area contributed by atoms with Crippen LogP contribution in [-0.2, 0) is 13.1 Å².